The number of hydrogen-bond donors (Lipinski definition) is 0. The molecule has 0 unspecified atom stereocenters. The quantitative estimate of drug-likeness (QED) is 0.0812. The molecule has 12 rings (SSSR count). The zero-order chi connectivity index (χ0) is 59.8. The smallest absolute Gasteiger partial charge is 0.405 e. The van der Waals surface area contributed by atoms with Crippen molar-refractivity contribution in [3.05, 3.63) is 227 Å². The molecule has 2 aliphatic heterocycles. The van der Waals surface area contributed by atoms with Crippen LogP contribution in [-0.2, 0) is 18.6 Å². The van der Waals surface area contributed by atoms with Gasteiger partial charge in [-0.05, 0) is 148 Å². The van der Waals surface area contributed by atoms with Crippen LogP contribution in [0.3, 0.4) is 0 Å². The topological polar surface area (TPSA) is 140 Å². The van der Waals surface area contributed by atoms with E-state index in [1.807, 2.05) is 177 Å². The first-order chi connectivity index (χ1) is 40.1. The highest BCUT2D eigenvalue weighted by molar-refractivity contribution is 9.10. The molecule has 0 N–H and O–H groups in total. The van der Waals surface area contributed by atoms with Gasteiger partial charge in [0.1, 0.15) is 27.7 Å². The van der Waals surface area contributed by atoms with E-state index >= 15 is 0 Å². The Kier molecular flexibility index (Phi) is 18.9. The van der Waals surface area contributed by atoms with Crippen molar-refractivity contribution in [1.82, 2.24) is 39.9 Å². The molecule has 84 heavy (non-hydrogen) atoms. The lowest BCUT2D eigenvalue weighted by atomic mass is 9.49. The average molecular weight is 1260 g/mol. The number of aromatic nitrogens is 8. The minimum Gasteiger partial charge on any atom is -0.405 e. The number of benzene rings is 6. The normalized spacial score (nSPS) is 15.2. The van der Waals surface area contributed by atoms with Gasteiger partial charge < -0.3 is 18.6 Å². The zero-order valence-corrected chi connectivity index (χ0v) is 50.3. The molecule has 0 spiro atoms. The van der Waals surface area contributed by atoms with Crippen molar-refractivity contribution >= 4 is 45.9 Å². The summed E-state index contributed by atoms with van der Waals surface area (Å²) in [7, 11) is -0.952. The maximum atomic E-state index is 14.6. The van der Waals surface area contributed by atoms with Gasteiger partial charge in [0.15, 0.2) is 40.8 Å². The average Bonchev–Trinajstić information content (AvgIpc) is 4.00. The third kappa shape index (κ3) is 14.4. The maximum absolute atomic E-state index is 14.6. The van der Waals surface area contributed by atoms with Crippen LogP contribution in [0.25, 0.3) is 79.6 Å². The predicted molar refractivity (Wildman–Crippen MR) is 327 cm³/mol. The number of nitrogens with zero attached hydrogens (tertiary/aromatic N) is 8. The summed E-state index contributed by atoms with van der Waals surface area (Å²) in [6.07, 6.45) is 2.95. The summed E-state index contributed by atoms with van der Waals surface area (Å²) in [5, 5.41) is 0. The molecule has 0 saturated carbocycles. The summed E-state index contributed by atoms with van der Waals surface area (Å²) in [5.74, 6) is 1.16. The van der Waals surface area contributed by atoms with E-state index in [0.717, 1.165) is 27.8 Å². The number of rotatable bonds is 8. The van der Waals surface area contributed by atoms with E-state index < -0.39 is 25.7 Å². The molecule has 0 bridgehead atoms. The van der Waals surface area contributed by atoms with Crippen LogP contribution in [0.1, 0.15) is 55.4 Å². The molecule has 12 nitrogen and oxygen atoms in total. The minimum absolute atomic E-state index is 0.0449. The Labute approximate surface area is 503 Å². The van der Waals surface area contributed by atoms with Gasteiger partial charge >= 0.3 is 14.0 Å². The molecule has 2 aliphatic rings. The van der Waals surface area contributed by atoms with Crippen LogP contribution in [0.2, 0.25) is 0 Å². The van der Waals surface area contributed by atoms with Crippen LogP contribution >= 0.6 is 31.9 Å². The maximum Gasteiger partial charge on any atom is 0.488 e. The van der Waals surface area contributed by atoms with E-state index in [1.54, 1.807) is 24.3 Å². The predicted octanol–water partition coefficient (Wildman–Crippen LogP) is 16.2. The molecule has 4 aromatic heterocycles. The summed E-state index contributed by atoms with van der Waals surface area (Å²) in [6, 6.07) is 53.2. The molecule has 424 valence electrons. The standard InChI is InChI=1S/C26H16F2N4.C21H13BrFN3.C12H24B2O4.C5H3BrFN/c27-21-14-13-19(16-20(21)23-22(28)12-7-15-29-23)26-31-24(17-8-3-1-4-9-17)30-25(32-26)18-10-5-2-6-11-18;22-17-13-16(11-12-18(17)23)21-25-19(14-7-3-1-4-8-14)24-20(26-21)15-9-5-2-6-10-15;1-9(2)10(3,4)16-13(15-9)14-17-11(5,6)12(7,8)18-14;6-5-4(7)2-1-3-8-5/h1-16H;1-13H;1-8H3;1-3H. The number of hydrogen-bond acceptors (Lipinski definition) is 12. The van der Waals surface area contributed by atoms with Crippen LogP contribution < -0.4 is 0 Å². The largest absolute Gasteiger partial charge is 0.488 e. The highest BCUT2D eigenvalue weighted by atomic mass is 79.9. The third-order valence-corrected chi connectivity index (χ3v) is 15.5. The van der Waals surface area contributed by atoms with Crippen molar-refractivity contribution in [1.29, 1.82) is 0 Å². The molecule has 0 radical (unpaired) electrons. The van der Waals surface area contributed by atoms with Gasteiger partial charge in [0, 0.05) is 51.3 Å². The molecule has 6 aromatic carbocycles. The zero-order valence-electron chi connectivity index (χ0n) is 47.1. The Hall–Kier alpha value is -7.71. The van der Waals surface area contributed by atoms with Crippen molar-refractivity contribution < 1.29 is 36.2 Å². The van der Waals surface area contributed by atoms with Crippen LogP contribution in [-0.4, -0.2) is 76.3 Å². The Balaban J connectivity index is 0.000000146. The van der Waals surface area contributed by atoms with Crippen molar-refractivity contribution in [2.45, 2.75) is 77.8 Å². The van der Waals surface area contributed by atoms with E-state index in [2.05, 4.69) is 71.7 Å². The van der Waals surface area contributed by atoms with Crippen LogP contribution in [0.15, 0.2) is 203 Å². The number of halogens is 6. The minimum atomic E-state index is -0.603. The Morgan fingerprint density at radius 1 is 0.333 bits per heavy atom. The van der Waals surface area contributed by atoms with Crippen molar-refractivity contribution in [3.8, 4) is 79.6 Å². The summed E-state index contributed by atoms with van der Waals surface area (Å²) in [5.41, 5.74) is 3.24. The first-order valence-electron chi connectivity index (χ1n) is 26.7. The van der Waals surface area contributed by atoms with Crippen molar-refractivity contribution in [3.63, 3.8) is 0 Å². The highest BCUT2D eigenvalue weighted by Gasteiger charge is 2.63. The first kappa shape index (κ1) is 60.9. The SMILES string of the molecule is CC1(C)OB(B2OC(C)(C)C(C)(C)O2)OC1(C)C.Fc1ccc(-c2nc(-c3ccccc3)nc(-c3ccccc3)n2)cc1-c1ncccc1F.Fc1ccc(-c2nc(-c3ccccc3)nc(-c3ccccc3)n2)cc1Br.Fc1cccnc1Br. The Morgan fingerprint density at radius 3 is 0.976 bits per heavy atom. The first-order valence-corrected chi connectivity index (χ1v) is 28.2. The Bertz CT molecular complexity index is 3680. The fourth-order valence-electron chi connectivity index (χ4n) is 8.31. The van der Waals surface area contributed by atoms with Gasteiger partial charge in [0.2, 0.25) is 0 Å². The van der Waals surface area contributed by atoms with Crippen molar-refractivity contribution in [2.75, 3.05) is 0 Å². The fourth-order valence-corrected chi connectivity index (χ4v) is 8.94. The summed E-state index contributed by atoms with van der Waals surface area (Å²) >= 11 is 6.13. The van der Waals surface area contributed by atoms with Gasteiger partial charge in [-0.3, -0.25) is 4.98 Å². The molecular formula is C64H56B2Br2F4N8O4. The third-order valence-electron chi connectivity index (χ3n) is 14.3. The van der Waals surface area contributed by atoms with Gasteiger partial charge in [-0.2, -0.15) is 0 Å². The lowest BCUT2D eigenvalue weighted by molar-refractivity contribution is 0.00578. The fraction of sp³-hybridized carbons (Fsp3) is 0.188. The second-order valence-electron chi connectivity index (χ2n) is 21.3. The van der Waals surface area contributed by atoms with Crippen LogP contribution in [0.4, 0.5) is 17.6 Å². The molecule has 2 fully saturated rings. The molecular weight excluding hydrogens is 1200 g/mol. The molecule has 6 heterocycles. The molecule has 10 aromatic rings. The molecule has 2 saturated heterocycles. The van der Waals surface area contributed by atoms with Gasteiger partial charge in [0.05, 0.1) is 26.9 Å². The summed E-state index contributed by atoms with van der Waals surface area (Å²) < 4.78 is 79.2. The van der Waals surface area contributed by atoms with E-state index in [-0.39, 0.29) is 49.9 Å². The van der Waals surface area contributed by atoms with Gasteiger partial charge in [0.25, 0.3) is 0 Å². The molecule has 0 aliphatic carbocycles. The van der Waals surface area contributed by atoms with E-state index in [1.165, 1.54) is 48.8 Å². The lowest BCUT2D eigenvalue weighted by Gasteiger charge is -2.32. The molecule has 0 atom stereocenters. The van der Waals surface area contributed by atoms with Gasteiger partial charge in [-0.15, -0.1) is 0 Å². The monoisotopic (exact) mass is 1260 g/mol. The highest BCUT2D eigenvalue weighted by Crippen LogP contribution is 2.43. The molecule has 20 heteroatoms. The lowest BCUT2D eigenvalue weighted by Crippen LogP contribution is -2.41. The summed E-state index contributed by atoms with van der Waals surface area (Å²) in [4.78, 5) is 35.4. The Morgan fingerprint density at radius 2 is 0.655 bits per heavy atom. The summed E-state index contributed by atoms with van der Waals surface area (Å²) in [6.45, 7) is 16.2. The van der Waals surface area contributed by atoms with Gasteiger partial charge in [-0.25, -0.2) is 52.4 Å². The van der Waals surface area contributed by atoms with Gasteiger partial charge in [-0.1, -0.05) is 121 Å². The van der Waals surface area contributed by atoms with E-state index in [4.69, 9.17) is 18.6 Å². The van der Waals surface area contributed by atoms with Crippen molar-refractivity contribution in [2.24, 2.45) is 0 Å². The van der Waals surface area contributed by atoms with E-state index in [9.17, 15) is 17.6 Å². The molecule has 0 amide bonds. The van der Waals surface area contributed by atoms with Crippen LogP contribution in [0.5, 0.6) is 0 Å². The van der Waals surface area contributed by atoms with E-state index in [0.29, 0.717) is 45.0 Å². The number of pyridine rings is 2. The second-order valence-corrected chi connectivity index (χ2v) is 22.9. The second kappa shape index (κ2) is 26.1. The van der Waals surface area contributed by atoms with Crippen LogP contribution in [0, 0.1) is 23.3 Å².